The van der Waals surface area contributed by atoms with Crippen molar-refractivity contribution in [3.05, 3.63) is 35.3 Å². The van der Waals surface area contributed by atoms with E-state index in [1.165, 1.54) is 11.3 Å². The minimum atomic E-state index is -0.422. The summed E-state index contributed by atoms with van der Waals surface area (Å²) in [5.74, 6) is -0.422. The van der Waals surface area contributed by atoms with E-state index in [2.05, 4.69) is 23.0 Å². The summed E-state index contributed by atoms with van der Waals surface area (Å²) in [5.41, 5.74) is 8.22. The number of carbonyl (C=O) groups is 2. The van der Waals surface area contributed by atoms with Crippen LogP contribution in [0, 0.1) is 12.8 Å². The molecule has 0 radical (unpaired) electrons. The Bertz CT molecular complexity index is 492. The minimum absolute atomic E-state index is 0.422. The first-order valence-electron chi connectivity index (χ1n) is 4.56. The van der Waals surface area contributed by atoms with Crippen LogP contribution in [-0.2, 0) is 4.79 Å². The van der Waals surface area contributed by atoms with Gasteiger partial charge >= 0.3 is 0 Å². The van der Waals surface area contributed by atoms with Crippen molar-refractivity contribution in [2.45, 2.75) is 0 Å². The first-order chi connectivity index (χ1) is 8.77. The van der Waals surface area contributed by atoms with E-state index in [-0.39, 0.29) is 0 Å². The van der Waals surface area contributed by atoms with E-state index >= 15 is 0 Å². The van der Waals surface area contributed by atoms with Gasteiger partial charge in [-0.15, -0.1) is 23.0 Å². The molecule has 18 heavy (non-hydrogen) atoms. The van der Waals surface area contributed by atoms with Crippen molar-refractivity contribution >= 4 is 24.0 Å². The highest BCUT2D eigenvalue weighted by atomic mass is 32.1. The molecule has 0 aliphatic heterocycles. The summed E-state index contributed by atoms with van der Waals surface area (Å²) < 4.78 is 0. The number of benzene rings is 1. The van der Waals surface area contributed by atoms with E-state index in [9.17, 15) is 4.79 Å². The third-order valence-electron chi connectivity index (χ3n) is 1.78. The predicted molar refractivity (Wildman–Crippen MR) is 70.9 cm³/mol. The monoisotopic (exact) mass is 261 g/mol. The smallest absolute Gasteiger partial charge is 0.248 e. The number of nitrogens with zero attached hydrogens (tertiary/aromatic N) is 2. The maximum Gasteiger partial charge on any atom is 0.248 e. The van der Waals surface area contributed by atoms with Crippen LogP contribution in [0.25, 0.3) is 10.6 Å². The third-order valence-corrected chi connectivity index (χ3v) is 2.52. The third kappa shape index (κ3) is 4.15. The Labute approximate surface area is 109 Å². The van der Waals surface area contributed by atoms with Gasteiger partial charge in [0.2, 0.25) is 5.91 Å². The molecule has 1 aromatic heterocycles. The second-order valence-corrected chi connectivity index (χ2v) is 3.52. The van der Waals surface area contributed by atoms with Crippen LogP contribution in [0.3, 0.4) is 0 Å². The molecule has 0 saturated carbocycles. The topological polar surface area (TPSA) is 85.9 Å². The Morgan fingerprint density at radius 3 is 2.17 bits per heavy atom. The fourth-order valence-corrected chi connectivity index (χ4v) is 1.64. The number of hydrogen-bond donors (Lipinski definition) is 1. The molecule has 2 N–H and O–H groups in total. The van der Waals surface area contributed by atoms with Crippen molar-refractivity contribution in [1.82, 2.24) is 10.2 Å². The van der Waals surface area contributed by atoms with Crippen LogP contribution in [0.15, 0.2) is 29.8 Å². The van der Waals surface area contributed by atoms with Gasteiger partial charge in [0.25, 0.3) is 0 Å². The molecule has 1 aromatic carbocycles. The van der Waals surface area contributed by atoms with Crippen LogP contribution in [0.4, 0.5) is 0 Å². The van der Waals surface area contributed by atoms with Crippen LogP contribution in [0.2, 0.25) is 0 Å². The zero-order valence-corrected chi connectivity index (χ0v) is 10.3. The molecular formula is C12H11N3O2S. The number of carbonyl (C=O) groups excluding carboxylic acids is 2. The van der Waals surface area contributed by atoms with Gasteiger partial charge in [-0.2, -0.15) is 0 Å². The second-order valence-electron chi connectivity index (χ2n) is 2.69. The molecule has 5 nitrogen and oxygen atoms in total. The molecule has 2 aromatic rings. The van der Waals surface area contributed by atoms with Crippen molar-refractivity contribution in [2.24, 2.45) is 5.73 Å². The van der Waals surface area contributed by atoms with Gasteiger partial charge < -0.3 is 10.5 Å². The summed E-state index contributed by atoms with van der Waals surface area (Å²) in [4.78, 5) is 18.8. The number of terminal acetylenes is 1. The molecule has 1 heterocycles. The quantitative estimate of drug-likeness (QED) is 0.827. The number of rotatable bonds is 2. The van der Waals surface area contributed by atoms with Gasteiger partial charge in [0.05, 0.1) is 0 Å². The number of hydrogen-bond acceptors (Lipinski definition) is 5. The summed E-state index contributed by atoms with van der Waals surface area (Å²) in [6.45, 7) is 2.00. The lowest BCUT2D eigenvalue weighted by Gasteiger charge is -1.96. The molecule has 0 atom stereocenters. The zero-order chi connectivity index (χ0) is 14.0. The van der Waals surface area contributed by atoms with Crippen LogP contribution < -0.4 is 5.73 Å². The lowest BCUT2D eigenvalue weighted by molar-refractivity contribution is -0.0979. The molecule has 0 aliphatic rings. The van der Waals surface area contributed by atoms with E-state index < -0.39 is 5.91 Å². The number of primary amides is 1. The Kier molecular flexibility index (Phi) is 7.41. The molecule has 6 heteroatoms. The van der Waals surface area contributed by atoms with E-state index in [0.29, 0.717) is 5.56 Å². The van der Waals surface area contributed by atoms with Crippen LogP contribution >= 0.6 is 11.3 Å². The summed E-state index contributed by atoms with van der Waals surface area (Å²) in [6.07, 6.45) is 8.00. The number of aromatic nitrogens is 2. The summed E-state index contributed by atoms with van der Waals surface area (Å²) >= 11 is 1.45. The van der Waals surface area contributed by atoms with Crippen molar-refractivity contribution in [3.8, 4) is 23.4 Å². The van der Waals surface area contributed by atoms with Crippen molar-refractivity contribution in [1.29, 1.82) is 0 Å². The Morgan fingerprint density at radius 2 is 1.78 bits per heavy atom. The Balaban J connectivity index is 0.000000659. The van der Waals surface area contributed by atoms with E-state index in [0.717, 1.165) is 10.6 Å². The van der Waals surface area contributed by atoms with Gasteiger partial charge in [0.1, 0.15) is 17.3 Å². The average Bonchev–Trinajstić information content (AvgIpc) is 2.97. The maximum absolute atomic E-state index is 10.8. The fourth-order valence-electron chi connectivity index (χ4n) is 1.08. The summed E-state index contributed by atoms with van der Waals surface area (Å²) in [5, 5.41) is 8.48. The molecule has 0 fully saturated rings. The average molecular weight is 261 g/mol. The van der Waals surface area contributed by atoms with Gasteiger partial charge in [-0.1, -0.05) is 23.5 Å². The molecule has 0 spiro atoms. The molecular weight excluding hydrogens is 250 g/mol. The van der Waals surface area contributed by atoms with Crippen LogP contribution in [0.1, 0.15) is 10.4 Å². The SMILES string of the molecule is C#C.C=O.NC(=O)c1ccc(-c2nncs2)cc1. The summed E-state index contributed by atoms with van der Waals surface area (Å²) in [6, 6.07) is 6.97. The molecule has 0 aliphatic carbocycles. The molecule has 2 rings (SSSR count). The zero-order valence-electron chi connectivity index (χ0n) is 9.45. The molecule has 0 saturated heterocycles. The first-order valence-corrected chi connectivity index (χ1v) is 5.44. The van der Waals surface area contributed by atoms with Gasteiger partial charge in [-0.25, -0.2) is 0 Å². The van der Waals surface area contributed by atoms with Crippen molar-refractivity contribution < 1.29 is 9.59 Å². The molecule has 92 valence electrons. The second kappa shape index (κ2) is 8.61. The highest BCUT2D eigenvalue weighted by Gasteiger charge is 2.03. The van der Waals surface area contributed by atoms with Crippen LogP contribution in [-0.4, -0.2) is 22.9 Å². The van der Waals surface area contributed by atoms with E-state index in [4.69, 9.17) is 10.5 Å². The number of nitrogens with two attached hydrogens (primary N) is 1. The van der Waals surface area contributed by atoms with E-state index in [1.807, 2.05) is 6.79 Å². The summed E-state index contributed by atoms with van der Waals surface area (Å²) in [7, 11) is 0. The maximum atomic E-state index is 10.8. The Morgan fingerprint density at radius 1 is 1.22 bits per heavy atom. The standard InChI is InChI=1S/C9H7N3OS.C2H2.CH2O/c10-8(13)6-1-3-7(4-2-6)9-12-11-5-14-9;2*1-2/h1-5H,(H2,10,13);1-2H;1H2. The highest BCUT2D eigenvalue weighted by molar-refractivity contribution is 7.12. The Hall–Kier alpha value is -2.52. The van der Waals surface area contributed by atoms with Crippen molar-refractivity contribution in [3.63, 3.8) is 0 Å². The first kappa shape index (κ1) is 15.5. The fraction of sp³-hybridized carbons (Fsp3) is 0. The largest absolute Gasteiger partial charge is 0.366 e. The van der Waals surface area contributed by atoms with Gasteiger partial charge in [0, 0.05) is 11.1 Å². The molecule has 0 bridgehead atoms. The molecule has 0 unspecified atom stereocenters. The lowest BCUT2D eigenvalue weighted by atomic mass is 10.1. The normalized spacial score (nSPS) is 8.11. The van der Waals surface area contributed by atoms with Gasteiger partial charge in [0.15, 0.2) is 0 Å². The predicted octanol–water partition coefficient (Wildman–Crippen LogP) is 1.37. The number of amides is 1. The van der Waals surface area contributed by atoms with Crippen molar-refractivity contribution in [2.75, 3.05) is 0 Å². The van der Waals surface area contributed by atoms with Gasteiger partial charge in [-0.3, -0.25) is 4.79 Å². The van der Waals surface area contributed by atoms with Crippen LogP contribution in [0.5, 0.6) is 0 Å². The lowest BCUT2D eigenvalue weighted by Crippen LogP contribution is -2.10. The highest BCUT2D eigenvalue weighted by Crippen LogP contribution is 2.20. The van der Waals surface area contributed by atoms with Gasteiger partial charge in [-0.05, 0) is 12.1 Å². The minimum Gasteiger partial charge on any atom is -0.366 e. The van der Waals surface area contributed by atoms with E-state index in [1.54, 1.807) is 29.8 Å². The molecule has 1 amide bonds.